The largest absolute Gasteiger partial charge is 0.294 e. The van der Waals surface area contributed by atoms with Crippen molar-refractivity contribution in [3.05, 3.63) is 144 Å². The van der Waals surface area contributed by atoms with E-state index >= 15 is 0 Å². The molecule has 238 valence electrons. The summed E-state index contributed by atoms with van der Waals surface area (Å²) in [6, 6.07) is 43.1. The molecule has 2 aliphatic rings. The number of nitrogens with zero attached hydrogens (tertiary/aromatic N) is 3. The highest BCUT2D eigenvalue weighted by atomic mass is 32.2. The average molecular weight is 664 g/mol. The van der Waals surface area contributed by atoms with Crippen molar-refractivity contribution in [3.63, 3.8) is 0 Å². The lowest BCUT2D eigenvalue weighted by Gasteiger charge is -2.24. The summed E-state index contributed by atoms with van der Waals surface area (Å²) in [4.78, 5) is 5.26. The van der Waals surface area contributed by atoms with Crippen LogP contribution in [0.4, 0.5) is 0 Å². The molecule has 0 radical (unpaired) electrons. The summed E-state index contributed by atoms with van der Waals surface area (Å²) in [5.74, 6) is 0.753. The molecular weight excluding hydrogens is 635 g/mol. The molecule has 0 unspecified atom stereocenters. The van der Waals surface area contributed by atoms with Crippen LogP contribution in [0.3, 0.4) is 0 Å². The standard InChI is InChI=1S/C44H29N3O2S/c1-25-46-37-13-8-14-39-43(37)47(25)38-20-17-28(23-40(38)50(39,48)49)42-33-11-6-4-9-31(33)41(32-10-5-7-12-34(32)42)27-16-19-30-29-18-15-26(24-45)21-35(29)44(2,3)36(30)22-27/h4-23H,1-3H3. The van der Waals surface area contributed by atoms with E-state index < -0.39 is 9.84 Å². The maximum Gasteiger partial charge on any atom is 0.210 e. The van der Waals surface area contributed by atoms with E-state index in [1.54, 1.807) is 12.1 Å². The molecule has 8 aromatic rings. The summed E-state index contributed by atoms with van der Waals surface area (Å²) in [6.45, 7) is 6.39. The van der Waals surface area contributed by atoms with E-state index in [4.69, 9.17) is 0 Å². The quantitative estimate of drug-likeness (QED) is 0.173. The highest BCUT2D eigenvalue weighted by Crippen LogP contribution is 2.52. The molecule has 0 saturated carbocycles. The number of fused-ring (bicyclic) bond motifs is 7. The molecule has 0 bridgehead atoms. The van der Waals surface area contributed by atoms with Crippen molar-refractivity contribution in [1.82, 2.24) is 9.55 Å². The molecule has 1 aliphatic heterocycles. The van der Waals surface area contributed by atoms with Crippen molar-refractivity contribution in [2.75, 3.05) is 0 Å². The third-order valence-electron chi connectivity index (χ3n) is 10.9. The van der Waals surface area contributed by atoms with Crippen LogP contribution in [0.25, 0.3) is 71.6 Å². The summed E-state index contributed by atoms with van der Waals surface area (Å²) >= 11 is 0. The second-order valence-corrected chi connectivity index (χ2v) is 15.8. The number of hydrogen-bond acceptors (Lipinski definition) is 4. The second kappa shape index (κ2) is 9.78. The summed E-state index contributed by atoms with van der Waals surface area (Å²) in [7, 11) is -3.81. The number of aryl methyl sites for hydroxylation is 1. The summed E-state index contributed by atoms with van der Waals surface area (Å²) < 4.78 is 30.5. The van der Waals surface area contributed by atoms with Crippen LogP contribution in [0.1, 0.15) is 36.4 Å². The summed E-state index contributed by atoms with van der Waals surface area (Å²) in [6.07, 6.45) is 0. The molecule has 0 N–H and O–H groups in total. The Bertz CT molecular complexity index is 2940. The number of para-hydroxylation sites is 1. The topological polar surface area (TPSA) is 75.8 Å². The average Bonchev–Trinajstić information content (AvgIpc) is 3.58. The highest BCUT2D eigenvalue weighted by molar-refractivity contribution is 7.92. The van der Waals surface area contributed by atoms with Crippen LogP contribution < -0.4 is 0 Å². The van der Waals surface area contributed by atoms with E-state index in [2.05, 4.69) is 97.7 Å². The van der Waals surface area contributed by atoms with Crippen LogP contribution in [0.5, 0.6) is 0 Å². The van der Waals surface area contributed by atoms with Crippen LogP contribution in [-0.4, -0.2) is 18.0 Å². The molecule has 5 nitrogen and oxygen atoms in total. The molecule has 2 heterocycles. The molecule has 0 fully saturated rings. The molecule has 7 aromatic carbocycles. The Hall–Kier alpha value is -6.03. The van der Waals surface area contributed by atoms with Gasteiger partial charge in [-0.15, -0.1) is 0 Å². The first-order valence-electron chi connectivity index (χ1n) is 16.7. The van der Waals surface area contributed by atoms with Gasteiger partial charge in [-0.3, -0.25) is 4.57 Å². The first-order chi connectivity index (χ1) is 24.2. The molecule has 0 spiro atoms. The van der Waals surface area contributed by atoms with Gasteiger partial charge in [-0.05, 0) is 115 Å². The number of rotatable bonds is 2. The smallest absolute Gasteiger partial charge is 0.210 e. The normalized spacial score (nSPS) is 14.8. The van der Waals surface area contributed by atoms with Crippen molar-refractivity contribution in [3.8, 4) is 45.1 Å². The van der Waals surface area contributed by atoms with Gasteiger partial charge in [-0.25, -0.2) is 13.4 Å². The van der Waals surface area contributed by atoms with E-state index in [9.17, 15) is 13.7 Å². The molecule has 1 aliphatic carbocycles. The monoisotopic (exact) mass is 663 g/mol. The van der Waals surface area contributed by atoms with E-state index in [1.165, 1.54) is 22.3 Å². The maximum atomic E-state index is 14.2. The van der Waals surface area contributed by atoms with Crippen LogP contribution in [0.15, 0.2) is 131 Å². The Morgan fingerprint density at radius 3 is 1.88 bits per heavy atom. The molecule has 0 atom stereocenters. The Kier molecular flexibility index (Phi) is 5.66. The fourth-order valence-electron chi connectivity index (χ4n) is 8.62. The molecule has 0 amide bonds. The van der Waals surface area contributed by atoms with Crippen molar-refractivity contribution in [2.24, 2.45) is 0 Å². The number of nitriles is 1. The molecule has 50 heavy (non-hydrogen) atoms. The van der Waals surface area contributed by atoms with Gasteiger partial charge in [-0.1, -0.05) is 92.7 Å². The van der Waals surface area contributed by atoms with E-state index in [0.29, 0.717) is 22.3 Å². The van der Waals surface area contributed by atoms with Gasteiger partial charge in [0.25, 0.3) is 0 Å². The molecule has 0 saturated heterocycles. The first-order valence-corrected chi connectivity index (χ1v) is 18.2. The highest BCUT2D eigenvalue weighted by Gasteiger charge is 2.37. The van der Waals surface area contributed by atoms with E-state index in [-0.39, 0.29) is 15.2 Å². The predicted molar refractivity (Wildman–Crippen MR) is 199 cm³/mol. The third kappa shape index (κ3) is 3.65. The minimum absolute atomic E-state index is 0.272. The van der Waals surface area contributed by atoms with Gasteiger partial charge in [0.1, 0.15) is 5.82 Å². The molecule has 6 heteroatoms. The van der Waals surface area contributed by atoms with E-state index in [0.717, 1.165) is 49.6 Å². The van der Waals surface area contributed by atoms with Crippen molar-refractivity contribution < 1.29 is 8.42 Å². The molecule has 1 aromatic heterocycles. The number of imidazole rings is 1. The third-order valence-corrected chi connectivity index (χ3v) is 12.7. The van der Waals surface area contributed by atoms with Crippen LogP contribution in [0.2, 0.25) is 0 Å². The Morgan fingerprint density at radius 2 is 1.24 bits per heavy atom. The van der Waals surface area contributed by atoms with Crippen molar-refractivity contribution >= 4 is 42.4 Å². The Morgan fingerprint density at radius 1 is 0.660 bits per heavy atom. The lowest BCUT2D eigenvalue weighted by atomic mass is 9.80. The predicted octanol–water partition coefficient (Wildman–Crippen LogP) is 10.3. The van der Waals surface area contributed by atoms with Gasteiger partial charge in [-0.2, -0.15) is 5.26 Å². The number of aromatic nitrogens is 2. The van der Waals surface area contributed by atoms with Crippen molar-refractivity contribution in [2.45, 2.75) is 36.0 Å². The van der Waals surface area contributed by atoms with Gasteiger partial charge < -0.3 is 0 Å². The van der Waals surface area contributed by atoms with Crippen LogP contribution in [-0.2, 0) is 15.3 Å². The zero-order valence-corrected chi connectivity index (χ0v) is 28.4. The van der Waals surface area contributed by atoms with Gasteiger partial charge >= 0.3 is 0 Å². The van der Waals surface area contributed by atoms with Gasteiger partial charge in [0.05, 0.1) is 38.1 Å². The Balaban J connectivity index is 1.23. The molecular formula is C44H29N3O2S. The fraction of sp³-hybridized carbons (Fsp3) is 0.0909. The summed E-state index contributed by atoms with van der Waals surface area (Å²) in [5, 5.41) is 13.9. The van der Waals surface area contributed by atoms with Gasteiger partial charge in [0.2, 0.25) is 9.84 Å². The minimum atomic E-state index is -3.81. The van der Waals surface area contributed by atoms with Gasteiger partial charge in [0, 0.05) is 5.41 Å². The SMILES string of the molecule is Cc1nc2cccc3c2n1-c1ccc(-c2c4ccccc4c(-c4ccc5c(c4)C(C)(C)c4cc(C#N)ccc4-5)c4ccccc24)cc1S3(=O)=O. The fourth-order valence-corrected chi connectivity index (χ4v) is 10.3. The Labute approximate surface area is 289 Å². The number of sulfone groups is 1. The van der Waals surface area contributed by atoms with Gasteiger partial charge in [0.15, 0.2) is 0 Å². The lowest BCUT2D eigenvalue weighted by Crippen LogP contribution is -2.15. The number of benzene rings is 7. The summed E-state index contributed by atoms with van der Waals surface area (Å²) in [5.41, 5.74) is 11.2. The zero-order chi connectivity index (χ0) is 34.1. The number of hydrogen-bond donors (Lipinski definition) is 0. The second-order valence-electron chi connectivity index (χ2n) is 13.9. The lowest BCUT2D eigenvalue weighted by molar-refractivity contribution is 0.594. The van der Waals surface area contributed by atoms with Crippen LogP contribution >= 0.6 is 0 Å². The molecule has 10 rings (SSSR count). The first kappa shape index (κ1) is 28.9. The van der Waals surface area contributed by atoms with E-state index in [1.807, 2.05) is 47.9 Å². The van der Waals surface area contributed by atoms with Crippen LogP contribution in [0, 0.1) is 18.3 Å². The van der Waals surface area contributed by atoms with Crippen molar-refractivity contribution in [1.29, 1.82) is 5.26 Å². The maximum absolute atomic E-state index is 14.2. The zero-order valence-electron chi connectivity index (χ0n) is 27.6. The minimum Gasteiger partial charge on any atom is -0.294 e.